The lowest BCUT2D eigenvalue weighted by molar-refractivity contribution is 0.128. The molecule has 1 aromatic rings. The van der Waals surface area contributed by atoms with Gasteiger partial charge in [-0.25, -0.2) is 4.39 Å². The molecule has 2 nitrogen and oxygen atoms in total. The van der Waals surface area contributed by atoms with Gasteiger partial charge in [0.05, 0.1) is 0 Å². The van der Waals surface area contributed by atoms with Crippen molar-refractivity contribution in [3.05, 3.63) is 35.6 Å². The molecule has 1 N–H and O–H groups in total. The van der Waals surface area contributed by atoms with E-state index in [0.717, 1.165) is 12.1 Å². The van der Waals surface area contributed by atoms with Crippen LogP contribution in [0.1, 0.15) is 44.7 Å². The standard InChI is InChI=1S/C17H27FN2/c1-13(12-20-11-7-6-8-14(20)2)17(19-3)15-9-4-5-10-16(15)18/h4-5,9-10,13-14,17,19H,6-8,11-12H2,1-3H3. The van der Waals surface area contributed by atoms with Gasteiger partial charge < -0.3 is 10.2 Å². The van der Waals surface area contributed by atoms with Gasteiger partial charge >= 0.3 is 0 Å². The molecule has 1 aliphatic rings. The summed E-state index contributed by atoms with van der Waals surface area (Å²) >= 11 is 0. The van der Waals surface area contributed by atoms with Gasteiger partial charge in [-0.15, -0.1) is 0 Å². The molecule has 1 aliphatic heterocycles. The van der Waals surface area contributed by atoms with E-state index in [-0.39, 0.29) is 11.9 Å². The smallest absolute Gasteiger partial charge is 0.127 e. The van der Waals surface area contributed by atoms with Gasteiger partial charge in [0.2, 0.25) is 0 Å². The average Bonchev–Trinajstić information content (AvgIpc) is 2.44. The van der Waals surface area contributed by atoms with Crippen molar-refractivity contribution in [3.8, 4) is 0 Å². The minimum atomic E-state index is -0.106. The molecule has 0 amide bonds. The van der Waals surface area contributed by atoms with Crippen LogP contribution < -0.4 is 5.32 Å². The first-order chi connectivity index (χ1) is 9.63. The highest BCUT2D eigenvalue weighted by Crippen LogP contribution is 2.27. The lowest BCUT2D eigenvalue weighted by atomic mass is 9.92. The maximum atomic E-state index is 14.0. The highest BCUT2D eigenvalue weighted by Gasteiger charge is 2.25. The van der Waals surface area contributed by atoms with Crippen molar-refractivity contribution < 1.29 is 4.39 Å². The van der Waals surface area contributed by atoms with E-state index >= 15 is 0 Å². The van der Waals surface area contributed by atoms with Crippen LogP contribution in [0, 0.1) is 11.7 Å². The van der Waals surface area contributed by atoms with E-state index < -0.39 is 0 Å². The molecular formula is C17H27FN2. The fourth-order valence-corrected chi connectivity index (χ4v) is 3.38. The first-order valence-electron chi connectivity index (χ1n) is 7.79. The van der Waals surface area contributed by atoms with Gasteiger partial charge in [-0.3, -0.25) is 0 Å². The van der Waals surface area contributed by atoms with Crippen LogP contribution in [-0.4, -0.2) is 31.1 Å². The number of rotatable bonds is 5. The predicted octanol–water partition coefficient (Wildman–Crippen LogP) is 3.60. The summed E-state index contributed by atoms with van der Waals surface area (Å²) in [5.41, 5.74) is 0.784. The Kier molecular flexibility index (Phi) is 5.55. The highest BCUT2D eigenvalue weighted by atomic mass is 19.1. The number of halogens is 1. The Morgan fingerprint density at radius 3 is 2.75 bits per heavy atom. The SMILES string of the molecule is CNC(c1ccccc1F)C(C)CN1CCCCC1C. The fraction of sp³-hybridized carbons (Fsp3) is 0.647. The van der Waals surface area contributed by atoms with E-state index in [9.17, 15) is 4.39 Å². The molecular weight excluding hydrogens is 251 g/mol. The molecule has 2 rings (SSSR count). The van der Waals surface area contributed by atoms with Gasteiger partial charge in [-0.2, -0.15) is 0 Å². The van der Waals surface area contributed by atoms with Crippen LogP contribution in [0.5, 0.6) is 0 Å². The van der Waals surface area contributed by atoms with E-state index in [4.69, 9.17) is 0 Å². The highest BCUT2D eigenvalue weighted by molar-refractivity contribution is 5.21. The number of nitrogens with one attached hydrogen (secondary N) is 1. The summed E-state index contributed by atoms with van der Waals surface area (Å²) in [6, 6.07) is 7.85. The average molecular weight is 278 g/mol. The van der Waals surface area contributed by atoms with Crippen molar-refractivity contribution in [3.63, 3.8) is 0 Å². The van der Waals surface area contributed by atoms with Crippen LogP contribution >= 0.6 is 0 Å². The topological polar surface area (TPSA) is 15.3 Å². The third-order valence-corrected chi connectivity index (χ3v) is 4.58. The molecule has 1 heterocycles. The van der Waals surface area contributed by atoms with Crippen molar-refractivity contribution in [2.45, 2.75) is 45.2 Å². The Bertz CT molecular complexity index is 421. The zero-order chi connectivity index (χ0) is 14.5. The number of piperidine rings is 1. The third kappa shape index (κ3) is 3.58. The Morgan fingerprint density at radius 2 is 2.10 bits per heavy atom. The number of likely N-dealkylation sites (tertiary alicyclic amines) is 1. The van der Waals surface area contributed by atoms with Crippen LogP contribution in [0.2, 0.25) is 0 Å². The van der Waals surface area contributed by atoms with Gasteiger partial charge in [0.25, 0.3) is 0 Å². The summed E-state index contributed by atoms with van der Waals surface area (Å²) in [6.45, 7) is 6.73. The van der Waals surface area contributed by atoms with Crippen molar-refractivity contribution in [1.29, 1.82) is 0 Å². The van der Waals surface area contributed by atoms with Crippen LogP contribution in [-0.2, 0) is 0 Å². The summed E-state index contributed by atoms with van der Waals surface area (Å²) < 4.78 is 14.0. The van der Waals surface area contributed by atoms with Gasteiger partial charge in [0.15, 0.2) is 0 Å². The van der Waals surface area contributed by atoms with E-state index in [1.807, 2.05) is 19.2 Å². The summed E-state index contributed by atoms with van der Waals surface area (Å²) in [6.07, 6.45) is 3.92. The van der Waals surface area contributed by atoms with Crippen molar-refractivity contribution in [2.24, 2.45) is 5.92 Å². The molecule has 3 unspecified atom stereocenters. The number of hydrogen-bond donors (Lipinski definition) is 1. The maximum Gasteiger partial charge on any atom is 0.127 e. The van der Waals surface area contributed by atoms with Crippen LogP contribution in [0.4, 0.5) is 4.39 Å². The molecule has 0 spiro atoms. The number of nitrogens with zero attached hydrogens (tertiary/aromatic N) is 1. The largest absolute Gasteiger partial charge is 0.313 e. The quantitative estimate of drug-likeness (QED) is 0.885. The summed E-state index contributed by atoms with van der Waals surface area (Å²) in [7, 11) is 1.92. The molecule has 1 fully saturated rings. The second-order valence-electron chi connectivity index (χ2n) is 6.10. The van der Waals surface area contributed by atoms with Crippen molar-refractivity contribution in [2.75, 3.05) is 20.1 Å². The zero-order valence-corrected chi connectivity index (χ0v) is 12.9. The van der Waals surface area contributed by atoms with Gasteiger partial charge in [-0.1, -0.05) is 31.5 Å². The molecule has 0 radical (unpaired) electrons. The molecule has 3 heteroatoms. The van der Waals surface area contributed by atoms with Crippen LogP contribution in [0.15, 0.2) is 24.3 Å². The molecule has 112 valence electrons. The van der Waals surface area contributed by atoms with E-state index in [2.05, 4.69) is 24.1 Å². The maximum absolute atomic E-state index is 14.0. The minimum Gasteiger partial charge on any atom is -0.313 e. The first kappa shape index (κ1) is 15.5. The van der Waals surface area contributed by atoms with E-state index in [1.165, 1.54) is 25.8 Å². The lowest BCUT2D eigenvalue weighted by Gasteiger charge is -2.37. The molecule has 20 heavy (non-hydrogen) atoms. The van der Waals surface area contributed by atoms with Crippen LogP contribution in [0.3, 0.4) is 0 Å². The third-order valence-electron chi connectivity index (χ3n) is 4.58. The second kappa shape index (κ2) is 7.19. The normalized spacial score (nSPS) is 23.5. The van der Waals surface area contributed by atoms with Gasteiger partial charge in [0.1, 0.15) is 5.82 Å². The van der Waals surface area contributed by atoms with Gasteiger partial charge in [-0.05, 0) is 45.3 Å². The Labute approximate surface area is 122 Å². The Morgan fingerprint density at radius 1 is 1.35 bits per heavy atom. The molecule has 0 saturated carbocycles. The molecule has 0 bridgehead atoms. The van der Waals surface area contributed by atoms with Crippen molar-refractivity contribution >= 4 is 0 Å². The molecule has 0 aliphatic carbocycles. The monoisotopic (exact) mass is 278 g/mol. The Balaban J connectivity index is 2.05. The lowest BCUT2D eigenvalue weighted by Crippen LogP contribution is -2.42. The fourth-order valence-electron chi connectivity index (χ4n) is 3.38. The summed E-state index contributed by atoms with van der Waals surface area (Å²) in [4.78, 5) is 2.55. The Hall–Kier alpha value is -0.930. The number of benzene rings is 1. The number of hydrogen-bond acceptors (Lipinski definition) is 2. The molecule has 1 aromatic carbocycles. The first-order valence-corrected chi connectivity index (χ1v) is 7.79. The zero-order valence-electron chi connectivity index (χ0n) is 12.9. The van der Waals surface area contributed by atoms with E-state index in [1.54, 1.807) is 12.1 Å². The summed E-state index contributed by atoms with van der Waals surface area (Å²) in [5.74, 6) is 0.280. The molecule has 3 atom stereocenters. The second-order valence-corrected chi connectivity index (χ2v) is 6.10. The van der Waals surface area contributed by atoms with E-state index in [0.29, 0.717) is 12.0 Å². The van der Waals surface area contributed by atoms with Gasteiger partial charge in [0, 0.05) is 24.2 Å². The van der Waals surface area contributed by atoms with Crippen LogP contribution in [0.25, 0.3) is 0 Å². The minimum absolute atomic E-state index is 0.0744. The molecule has 1 saturated heterocycles. The molecule has 0 aromatic heterocycles. The summed E-state index contributed by atoms with van der Waals surface area (Å²) in [5, 5.41) is 3.30. The van der Waals surface area contributed by atoms with Crippen molar-refractivity contribution in [1.82, 2.24) is 10.2 Å². The predicted molar refractivity (Wildman–Crippen MR) is 82.3 cm³/mol.